The lowest BCUT2D eigenvalue weighted by Crippen LogP contribution is -2.46. The molecule has 2 heterocycles. The van der Waals surface area contributed by atoms with E-state index < -0.39 is 5.60 Å². The molecule has 0 aliphatic carbocycles. The van der Waals surface area contributed by atoms with Gasteiger partial charge in [-0.1, -0.05) is 0 Å². The molecule has 0 saturated carbocycles. The van der Waals surface area contributed by atoms with Crippen LogP contribution >= 0.6 is 0 Å². The molecule has 0 amide bonds. The first-order valence-electron chi connectivity index (χ1n) is 7.02. The van der Waals surface area contributed by atoms with E-state index >= 15 is 0 Å². The SMILES string of the molecule is Cn1cc(N2[C@@H](CN)CC[C@@H]2C(=O)OC(C)(C)C)cn1. The second-order valence-electron chi connectivity index (χ2n) is 6.30. The van der Waals surface area contributed by atoms with Crippen molar-refractivity contribution in [3.63, 3.8) is 0 Å². The Labute approximate surface area is 119 Å². The number of ether oxygens (including phenoxy) is 1. The second-order valence-corrected chi connectivity index (χ2v) is 6.30. The van der Waals surface area contributed by atoms with Gasteiger partial charge in [0, 0.05) is 25.8 Å². The molecule has 0 spiro atoms. The Balaban J connectivity index is 2.21. The fourth-order valence-corrected chi connectivity index (χ4v) is 2.65. The van der Waals surface area contributed by atoms with Crippen molar-refractivity contribution < 1.29 is 9.53 Å². The van der Waals surface area contributed by atoms with E-state index in [0.29, 0.717) is 6.54 Å². The van der Waals surface area contributed by atoms with Crippen LogP contribution in [0.4, 0.5) is 5.69 Å². The predicted molar refractivity (Wildman–Crippen MR) is 77.4 cm³/mol. The molecule has 0 aromatic carbocycles. The highest BCUT2D eigenvalue weighted by Crippen LogP contribution is 2.31. The number of carbonyl (C=O) groups excluding carboxylic acids is 1. The van der Waals surface area contributed by atoms with Gasteiger partial charge in [0.15, 0.2) is 0 Å². The highest BCUT2D eigenvalue weighted by molar-refractivity contribution is 5.81. The average molecular weight is 280 g/mol. The normalized spacial score (nSPS) is 23.1. The van der Waals surface area contributed by atoms with Crippen LogP contribution in [-0.4, -0.2) is 40.0 Å². The molecular weight excluding hydrogens is 256 g/mol. The van der Waals surface area contributed by atoms with Crippen LogP contribution in [0.3, 0.4) is 0 Å². The maximum atomic E-state index is 12.4. The Morgan fingerprint density at radius 1 is 1.50 bits per heavy atom. The highest BCUT2D eigenvalue weighted by atomic mass is 16.6. The first kappa shape index (κ1) is 14.8. The molecule has 1 aliphatic heterocycles. The Morgan fingerprint density at radius 3 is 2.70 bits per heavy atom. The molecule has 0 unspecified atom stereocenters. The molecule has 1 fully saturated rings. The molecular formula is C14H24N4O2. The number of nitrogens with two attached hydrogens (primary N) is 1. The third-order valence-electron chi connectivity index (χ3n) is 3.44. The summed E-state index contributed by atoms with van der Waals surface area (Å²) >= 11 is 0. The topological polar surface area (TPSA) is 73.4 Å². The van der Waals surface area contributed by atoms with Crippen molar-refractivity contribution in [2.45, 2.75) is 51.3 Å². The number of anilines is 1. The van der Waals surface area contributed by atoms with Gasteiger partial charge in [-0.3, -0.25) is 4.68 Å². The molecule has 20 heavy (non-hydrogen) atoms. The van der Waals surface area contributed by atoms with Crippen LogP contribution in [0.15, 0.2) is 12.4 Å². The monoisotopic (exact) mass is 280 g/mol. The number of esters is 1. The molecule has 6 heteroatoms. The van der Waals surface area contributed by atoms with Gasteiger partial charge in [0.2, 0.25) is 0 Å². The first-order valence-corrected chi connectivity index (χ1v) is 7.02. The zero-order chi connectivity index (χ0) is 14.9. The number of hydrogen-bond donors (Lipinski definition) is 1. The van der Waals surface area contributed by atoms with Crippen LogP contribution < -0.4 is 10.6 Å². The maximum Gasteiger partial charge on any atom is 0.329 e. The van der Waals surface area contributed by atoms with Gasteiger partial charge in [0.05, 0.1) is 11.9 Å². The van der Waals surface area contributed by atoms with Gasteiger partial charge in [-0.15, -0.1) is 0 Å². The lowest BCUT2D eigenvalue weighted by atomic mass is 10.1. The fourth-order valence-electron chi connectivity index (χ4n) is 2.65. The standard InChI is InChI=1S/C14H24N4O2/c1-14(2,3)20-13(19)12-6-5-10(7-15)18(12)11-8-16-17(4)9-11/h8-10,12H,5-7,15H2,1-4H3/t10-,12-/m1/s1. The summed E-state index contributed by atoms with van der Waals surface area (Å²) in [6.07, 6.45) is 5.34. The minimum atomic E-state index is -0.474. The van der Waals surface area contributed by atoms with Crippen LogP contribution in [0.5, 0.6) is 0 Å². The van der Waals surface area contributed by atoms with E-state index in [1.165, 1.54) is 0 Å². The molecule has 2 atom stereocenters. The maximum absolute atomic E-state index is 12.4. The Hall–Kier alpha value is -1.56. The van der Waals surface area contributed by atoms with Crippen molar-refractivity contribution in [1.82, 2.24) is 9.78 Å². The largest absolute Gasteiger partial charge is 0.458 e. The van der Waals surface area contributed by atoms with Crippen molar-refractivity contribution in [2.24, 2.45) is 12.8 Å². The van der Waals surface area contributed by atoms with Crippen LogP contribution in [0, 0.1) is 0 Å². The van der Waals surface area contributed by atoms with E-state index in [0.717, 1.165) is 18.5 Å². The molecule has 0 radical (unpaired) electrons. The summed E-state index contributed by atoms with van der Waals surface area (Å²) in [4.78, 5) is 14.4. The zero-order valence-electron chi connectivity index (χ0n) is 12.7. The first-order chi connectivity index (χ1) is 9.31. The highest BCUT2D eigenvalue weighted by Gasteiger charge is 2.40. The summed E-state index contributed by atoms with van der Waals surface area (Å²) < 4.78 is 7.25. The predicted octanol–water partition coefficient (Wildman–Crippen LogP) is 1.06. The third-order valence-corrected chi connectivity index (χ3v) is 3.44. The van der Waals surface area contributed by atoms with E-state index in [4.69, 9.17) is 10.5 Å². The second kappa shape index (κ2) is 5.44. The molecule has 1 aromatic heterocycles. The minimum absolute atomic E-state index is 0.164. The molecule has 1 saturated heterocycles. The summed E-state index contributed by atoms with van der Waals surface area (Å²) in [5.74, 6) is -0.183. The number of aromatic nitrogens is 2. The van der Waals surface area contributed by atoms with Crippen LogP contribution in [-0.2, 0) is 16.6 Å². The molecule has 1 aromatic rings. The van der Waals surface area contributed by atoms with Gasteiger partial charge in [-0.25, -0.2) is 4.79 Å². The summed E-state index contributed by atoms with van der Waals surface area (Å²) in [5, 5.41) is 4.18. The molecule has 2 N–H and O–H groups in total. The van der Waals surface area contributed by atoms with E-state index in [1.54, 1.807) is 10.9 Å². The van der Waals surface area contributed by atoms with Crippen LogP contribution in [0.1, 0.15) is 33.6 Å². The Bertz CT molecular complexity index is 478. The Kier molecular flexibility index (Phi) is 4.04. The minimum Gasteiger partial charge on any atom is -0.458 e. The number of hydrogen-bond acceptors (Lipinski definition) is 5. The van der Waals surface area contributed by atoms with Crippen molar-refractivity contribution in [3.8, 4) is 0 Å². The van der Waals surface area contributed by atoms with Gasteiger partial charge >= 0.3 is 5.97 Å². The molecule has 6 nitrogen and oxygen atoms in total. The molecule has 112 valence electrons. The quantitative estimate of drug-likeness (QED) is 0.838. The fraction of sp³-hybridized carbons (Fsp3) is 0.714. The Morgan fingerprint density at radius 2 is 2.20 bits per heavy atom. The van der Waals surface area contributed by atoms with E-state index in [9.17, 15) is 4.79 Å². The van der Waals surface area contributed by atoms with Crippen molar-refractivity contribution in [2.75, 3.05) is 11.4 Å². The van der Waals surface area contributed by atoms with Crippen LogP contribution in [0.2, 0.25) is 0 Å². The van der Waals surface area contributed by atoms with Gasteiger partial charge in [0.1, 0.15) is 11.6 Å². The number of nitrogens with zero attached hydrogens (tertiary/aromatic N) is 3. The summed E-state index contributed by atoms with van der Waals surface area (Å²) in [6, 6.07) is -0.108. The number of rotatable bonds is 3. The van der Waals surface area contributed by atoms with Crippen molar-refractivity contribution in [3.05, 3.63) is 12.4 Å². The number of carbonyl (C=O) groups is 1. The molecule has 1 aliphatic rings. The average Bonchev–Trinajstić information content (AvgIpc) is 2.91. The third kappa shape index (κ3) is 3.12. The van der Waals surface area contributed by atoms with Gasteiger partial charge in [-0.2, -0.15) is 5.10 Å². The van der Waals surface area contributed by atoms with Gasteiger partial charge in [0.25, 0.3) is 0 Å². The zero-order valence-corrected chi connectivity index (χ0v) is 12.7. The summed E-state index contributed by atoms with van der Waals surface area (Å²) in [5.41, 5.74) is 6.29. The lowest BCUT2D eigenvalue weighted by molar-refractivity contribution is -0.156. The molecule has 2 rings (SSSR count). The number of aryl methyl sites for hydroxylation is 1. The van der Waals surface area contributed by atoms with Gasteiger partial charge in [-0.05, 0) is 33.6 Å². The lowest BCUT2D eigenvalue weighted by Gasteiger charge is -2.31. The van der Waals surface area contributed by atoms with E-state index in [2.05, 4.69) is 10.00 Å². The van der Waals surface area contributed by atoms with Crippen LogP contribution in [0.25, 0.3) is 0 Å². The van der Waals surface area contributed by atoms with E-state index in [1.807, 2.05) is 34.0 Å². The van der Waals surface area contributed by atoms with Gasteiger partial charge < -0.3 is 15.4 Å². The summed E-state index contributed by atoms with van der Waals surface area (Å²) in [6.45, 7) is 6.17. The smallest absolute Gasteiger partial charge is 0.329 e. The molecule has 0 bridgehead atoms. The van der Waals surface area contributed by atoms with Crippen molar-refractivity contribution >= 4 is 11.7 Å². The van der Waals surface area contributed by atoms with E-state index in [-0.39, 0.29) is 18.1 Å². The summed E-state index contributed by atoms with van der Waals surface area (Å²) in [7, 11) is 1.86. The van der Waals surface area contributed by atoms with Crippen molar-refractivity contribution in [1.29, 1.82) is 0 Å².